The smallest absolute Gasteiger partial charge is 0.270 e. The lowest BCUT2D eigenvalue weighted by atomic mass is 10.2. The Morgan fingerprint density at radius 2 is 2.30 bits per heavy atom. The van der Waals surface area contributed by atoms with Crippen LogP contribution in [0.2, 0.25) is 0 Å². The van der Waals surface area contributed by atoms with Crippen LogP contribution < -0.4 is 5.73 Å². The lowest BCUT2D eigenvalue weighted by molar-refractivity contribution is 0.0774. The number of likely N-dealkylation sites (N-methyl/N-ethyl adjacent to an activating group) is 1. The molecule has 1 atom stereocenters. The second kappa shape index (κ2) is 6.96. The standard InChI is InChI=1S/C19H21FN6O/c1-25(11-18-22-7-5-17(21)24-18)12-6-8-26(10-12)19(27)16-9-13-14(20)3-2-4-15(13)23-16/h2-5,7,9,12,23H,6,8,10-11H2,1H3,(H2,21,22,24)/t12-/m1/s1. The van der Waals surface area contributed by atoms with E-state index in [1.54, 1.807) is 35.4 Å². The Hall–Kier alpha value is -3.00. The first-order valence-electron chi connectivity index (χ1n) is 8.85. The highest BCUT2D eigenvalue weighted by atomic mass is 19.1. The van der Waals surface area contributed by atoms with Gasteiger partial charge in [-0.2, -0.15) is 0 Å². The van der Waals surface area contributed by atoms with Crippen LogP contribution in [-0.2, 0) is 6.54 Å². The molecule has 1 amide bonds. The van der Waals surface area contributed by atoms with Crippen LogP contribution in [0.3, 0.4) is 0 Å². The van der Waals surface area contributed by atoms with Gasteiger partial charge in [-0.3, -0.25) is 9.69 Å². The van der Waals surface area contributed by atoms with E-state index >= 15 is 0 Å². The Labute approximate surface area is 156 Å². The minimum atomic E-state index is -0.330. The van der Waals surface area contributed by atoms with Crippen molar-refractivity contribution in [3.63, 3.8) is 0 Å². The highest BCUT2D eigenvalue weighted by Gasteiger charge is 2.30. The van der Waals surface area contributed by atoms with E-state index in [4.69, 9.17) is 5.73 Å². The van der Waals surface area contributed by atoms with E-state index in [2.05, 4.69) is 19.9 Å². The predicted molar refractivity (Wildman–Crippen MR) is 100 cm³/mol. The number of H-pyrrole nitrogens is 1. The van der Waals surface area contributed by atoms with Crippen LogP contribution in [0.25, 0.3) is 10.9 Å². The minimum absolute atomic E-state index is 0.110. The van der Waals surface area contributed by atoms with Crippen LogP contribution in [0.1, 0.15) is 22.7 Å². The van der Waals surface area contributed by atoms with Gasteiger partial charge < -0.3 is 15.6 Å². The van der Waals surface area contributed by atoms with Crippen LogP contribution in [-0.4, -0.2) is 56.8 Å². The molecular weight excluding hydrogens is 347 g/mol. The van der Waals surface area contributed by atoms with Gasteiger partial charge in [0.15, 0.2) is 0 Å². The quantitative estimate of drug-likeness (QED) is 0.735. The Bertz CT molecular complexity index is 987. The molecule has 0 radical (unpaired) electrons. The normalized spacial score (nSPS) is 17.1. The average Bonchev–Trinajstić information content (AvgIpc) is 3.29. The van der Waals surface area contributed by atoms with Crippen molar-refractivity contribution in [2.24, 2.45) is 0 Å². The third-order valence-corrected chi connectivity index (χ3v) is 5.03. The van der Waals surface area contributed by atoms with Crippen LogP contribution in [0.15, 0.2) is 36.5 Å². The van der Waals surface area contributed by atoms with Crippen molar-refractivity contribution >= 4 is 22.6 Å². The minimum Gasteiger partial charge on any atom is -0.384 e. The van der Waals surface area contributed by atoms with Gasteiger partial charge in [0.05, 0.1) is 6.54 Å². The topological polar surface area (TPSA) is 91.1 Å². The molecule has 0 spiro atoms. The number of fused-ring (bicyclic) bond motifs is 1. The Morgan fingerprint density at radius 1 is 1.44 bits per heavy atom. The number of hydrogen-bond donors (Lipinski definition) is 2. The number of aromatic nitrogens is 3. The van der Waals surface area contributed by atoms with Crippen molar-refractivity contribution in [2.75, 3.05) is 25.9 Å². The summed E-state index contributed by atoms with van der Waals surface area (Å²) in [5.41, 5.74) is 6.75. The van der Waals surface area contributed by atoms with E-state index in [0.717, 1.165) is 6.42 Å². The fourth-order valence-corrected chi connectivity index (χ4v) is 3.53. The van der Waals surface area contributed by atoms with E-state index in [-0.39, 0.29) is 17.8 Å². The second-order valence-corrected chi connectivity index (χ2v) is 6.89. The molecule has 27 heavy (non-hydrogen) atoms. The Kier molecular flexibility index (Phi) is 4.49. The summed E-state index contributed by atoms with van der Waals surface area (Å²) in [6.45, 7) is 1.83. The molecular formula is C19H21FN6O. The first-order valence-corrected chi connectivity index (χ1v) is 8.85. The van der Waals surface area contributed by atoms with Crippen LogP contribution in [0, 0.1) is 5.82 Å². The largest absolute Gasteiger partial charge is 0.384 e. The molecule has 7 nitrogen and oxygen atoms in total. The predicted octanol–water partition coefficient (Wildman–Crippen LogP) is 2.03. The number of likely N-dealkylation sites (tertiary alicyclic amines) is 1. The lowest BCUT2D eigenvalue weighted by Gasteiger charge is -2.23. The number of nitrogen functional groups attached to an aromatic ring is 1. The zero-order valence-electron chi connectivity index (χ0n) is 15.0. The summed E-state index contributed by atoms with van der Waals surface area (Å²) in [4.78, 5) is 28.2. The highest BCUT2D eigenvalue weighted by molar-refractivity contribution is 5.98. The van der Waals surface area contributed by atoms with Gasteiger partial charge in [0.25, 0.3) is 5.91 Å². The summed E-state index contributed by atoms with van der Waals surface area (Å²) in [6.07, 6.45) is 2.50. The monoisotopic (exact) mass is 368 g/mol. The third kappa shape index (κ3) is 3.48. The summed E-state index contributed by atoms with van der Waals surface area (Å²) in [7, 11) is 1.99. The van der Waals surface area contributed by atoms with Crippen LogP contribution in [0.5, 0.6) is 0 Å². The van der Waals surface area contributed by atoms with Crippen molar-refractivity contribution < 1.29 is 9.18 Å². The summed E-state index contributed by atoms with van der Waals surface area (Å²) in [5, 5.41) is 0.438. The number of rotatable bonds is 4. The van der Waals surface area contributed by atoms with Gasteiger partial charge >= 0.3 is 0 Å². The first-order chi connectivity index (χ1) is 13.0. The number of benzene rings is 1. The van der Waals surface area contributed by atoms with Crippen molar-refractivity contribution in [3.8, 4) is 0 Å². The average molecular weight is 368 g/mol. The Balaban J connectivity index is 1.43. The molecule has 0 saturated carbocycles. The van der Waals surface area contributed by atoms with E-state index in [1.165, 1.54) is 6.07 Å². The number of halogens is 1. The van der Waals surface area contributed by atoms with Crippen LogP contribution in [0.4, 0.5) is 10.2 Å². The summed E-state index contributed by atoms with van der Waals surface area (Å²) in [5.74, 6) is 0.668. The van der Waals surface area contributed by atoms with E-state index in [1.807, 2.05) is 7.05 Å². The SMILES string of the molecule is CN(Cc1nccc(N)n1)[C@@H]1CCN(C(=O)c2cc3c(F)cccc3[nH]2)C1. The summed E-state index contributed by atoms with van der Waals surface area (Å²) >= 11 is 0. The van der Waals surface area contributed by atoms with Gasteiger partial charge in [-0.25, -0.2) is 14.4 Å². The molecule has 1 aromatic carbocycles. The number of nitrogens with one attached hydrogen (secondary N) is 1. The number of hydrogen-bond acceptors (Lipinski definition) is 5. The molecule has 1 aliphatic heterocycles. The van der Waals surface area contributed by atoms with Crippen molar-refractivity contribution in [1.82, 2.24) is 24.8 Å². The maximum atomic E-state index is 13.9. The second-order valence-electron chi connectivity index (χ2n) is 6.89. The molecule has 1 aliphatic rings. The fourth-order valence-electron chi connectivity index (χ4n) is 3.53. The maximum Gasteiger partial charge on any atom is 0.270 e. The number of aromatic amines is 1. The molecule has 1 saturated heterocycles. The number of carbonyl (C=O) groups excluding carboxylic acids is 1. The van der Waals surface area contributed by atoms with Gasteiger partial charge in [0, 0.05) is 36.2 Å². The zero-order chi connectivity index (χ0) is 19.0. The van der Waals surface area contributed by atoms with E-state index in [0.29, 0.717) is 47.9 Å². The molecule has 0 unspecified atom stereocenters. The van der Waals surface area contributed by atoms with E-state index < -0.39 is 0 Å². The number of carbonyl (C=O) groups is 1. The highest BCUT2D eigenvalue weighted by Crippen LogP contribution is 2.22. The van der Waals surface area contributed by atoms with E-state index in [9.17, 15) is 9.18 Å². The molecule has 140 valence electrons. The lowest BCUT2D eigenvalue weighted by Crippen LogP contribution is -2.36. The molecule has 1 fully saturated rings. The molecule has 0 bridgehead atoms. The van der Waals surface area contributed by atoms with Crippen molar-refractivity contribution in [1.29, 1.82) is 0 Å². The number of amides is 1. The Morgan fingerprint density at radius 3 is 3.07 bits per heavy atom. The molecule has 3 heterocycles. The molecule has 4 rings (SSSR count). The van der Waals surface area contributed by atoms with Crippen LogP contribution >= 0.6 is 0 Å². The molecule has 8 heteroatoms. The van der Waals surface area contributed by atoms with Crippen molar-refractivity contribution in [3.05, 3.63) is 53.9 Å². The van der Waals surface area contributed by atoms with Gasteiger partial charge in [0.2, 0.25) is 0 Å². The molecule has 2 aromatic heterocycles. The molecule has 3 N–H and O–H groups in total. The van der Waals surface area contributed by atoms with Gasteiger partial charge in [0.1, 0.15) is 23.2 Å². The van der Waals surface area contributed by atoms with Gasteiger partial charge in [-0.15, -0.1) is 0 Å². The molecule has 0 aliphatic carbocycles. The maximum absolute atomic E-state index is 13.9. The number of nitrogens with two attached hydrogens (primary N) is 1. The van der Waals surface area contributed by atoms with Gasteiger partial charge in [-0.05, 0) is 37.7 Å². The summed E-state index contributed by atoms with van der Waals surface area (Å²) < 4.78 is 13.9. The summed E-state index contributed by atoms with van der Waals surface area (Å²) in [6, 6.07) is 8.24. The number of nitrogens with zero attached hydrogens (tertiary/aromatic N) is 4. The fraction of sp³-hybridized carbons (Fsp3) is 0.316. The third-order valence-electron chi connectivity index (χ3n) is 5.03. The van der Waals surface area contributed by atoms with Crippen molar-refractivity contribution in [2.45, 2.75) is 19.0 Å². The number of anilines is 1. The van der Waals surface area contributed by atoms with Gasteiger partial charge in [-0.1, -0.05) is 6.07 Å². The first kappa shape index (κ1) is 17.4. The molecule has 3 aromatic rings. The zero-order valence-corrected chi connectivity index (χ0v) is 15.0.